The molecule has 0 amide bonds. The van der Waals surface area contributed by atoms with Crippen LogP contribution in [0.2, 0.25) is 5.02 Å². The van der Waals surface area contributed by atoms with Crippen LogP contribution >= 0.6 is 11.6 Å². The van der Waals surface area contributed by atoms with Gasteiger partial charge in [-0.3, -0.25) is 0 Å². The maximum atomic E-state index is 11.0. The molecule has 4 rings (SSSR count). The quantitative estimate of drug-likeness (QED) is 0.338. The van der Waals surface area contributed by atoms with E-state index in [0.29, 0.717) is 36.3 Å². The van der Waals surface area contributed by atoms with Crippen molar-refractivity contribution in [3.8, 4) is 5.75 Å². The second-order valence-electron chi connectivity index (χ2n) is 8.51. The molecule has 0 unspecified atom stereocenters. The van der Waals surface area contributed by atoms with Crippen LogP contribution in [0.1, 0.15) is 29.5 Å². The zero-order valence-corrected chi connectivity index (χ0v) is 18.8. The maximum absolute atomic E-state index is 11.0. The number of aliphatic hydroxyl groups excluding tert-OH is 4. The molecule has 1 saturated carbocycles. The summed E-state index contributed by atoms with van der Waals surface area (Å²) >= 11 is 6.37. The van der Waals surface area contributed by atoms with Gasteiger partial charge >= 0.3 is 0 Å². The third kappa shape index (κ3) is 5.50. The number of rotatable bonds is 9. The summed E-state index contributed by atoms with van der Waals surface area (Å²) in [6.07, 6.45) is -3.26. The van der Waals surface area contributed by atoms with E-state index >= 15 is 0 Å². The standard InChI is InChI=1S/C24H29ClO8/c25-19-8-3-16(24(30)23(29)22(28)21(27)20(13-26)33-24)12-15(19)11-14-1-4-17(5-2-14)31-9-10-32-18-6-7-18/h1-5,8,12,18,20-23,26-30H,6-7,9-11,13H2/t20-,21-,22+,23-,24+/m1/s1. The van der Waals surface area contributed by atoms with Gasteiger partial charge in [0.25, 0.3) is 0 Å². The Balaban J connectivity index is 1.45. The highest BCUT2D eigenvalue weighted by Gasteiger charge is 2.53. The van der Waals surface area contributed by atoms with Crippen molar-refractivity contribution in [1.82, 2.24) is 0 Å². The molecule has 2 aromatic rings. The summed E-state index contributed by atoms with van der Waals surface area (Å²) in [5, 5.41) is 51.4. The van der Waals surface area contributed by atoms with Crippen molar-refractivity contribution in [3.05, 3.63) is 64.2 Å². The predicted molar refractivity (Wildman–Crippen MR) is 119 cm³/mol. The van der Waals surface area contributed by atoms with E-state index in [2.05, 4.69) is 0 Å². The molecule has 1 aliphatic carbocycles. The fourth-order valence-electron chi connectivity index (χ4n) is 3.86. The van der Waals surface area contributed by atoms with Crippen LogP contribution in [0.5, 0.6) is 5.75 Å². The Bertz CT molecular complexity index is 933. The molecule has 0 bridgehead atoms. The van der Waals surface area contributed by atoms with Crippen LogP contribution in [0, 0.1) is 0 Å². The van der Waals surface area contributed by atoms with E-state index in [9.17, 15) is 25.5 Å². The molecular weight excluding hydrogens is 452 g/mol. The monoisotopic (exact) mass is 480 g/mol. The molecule has 180 valence electrons. The summed E-state index contributed by atoms with van der Waals surface area (Å²) in [4.78, 5) is 0. The van der Waals surface area contributed by atoms with Gasteiger partial charge in [0.1, 0.15) is 36.8 Å². The van der Waals surface area contributed by atoms with Gasteiger partial charge in [-0.25, -0.2) is 0 Å². The molecule has 33 heavy (non-hydrogen) atoms. The second kappa shape index (κ2) is 10.2. The van der Waals surface area contributed by atoms with Crippen LogP contribution in [0.25, 0.3) is 0 Å². The Hall–Kier alpha value is -1.75. The van der Waals surface area contributed by atoms with Crippen molar-refractivity contribution >= 4 is 11.6 Å². The van der Waals surface area contributed by atoms with Gasteiger partial charge in [0.15, 0.2) is 0 Å². The fourth-order valence-corrected chi connectivity index (χ4v) is 4.04. The lowest BCUT2D eigenvalue weighted by Crippen LogP contribution is -2.63. The van der Waals surface area contributed by atoms with E-state index in [0.717, 1.165) is 24.2 Å². The van der Waals surface area contributed by atoms with Gasteiger partial charge in [-0.15, -0.1) is 0 Å². The third-order valence-corrected chi connectivity index (χ3v) is 6.34. The summed E-state index contributed by atoms with van der Waals surface area (Å²) in [5.74, 6) is -1.60. The zero-order chi connectivity index (χ0) is 23.6. The number of ether oxygens (including phenoxy) is 3. The number of halogens is 1. The summed E-state index contributed by atoms with van der Waals surface area (Å²) in [5.41, 5.74) is 1.75. The minimum Gasteiger partial charge on any atom is -0.491 e. The number of benzene rings is 2. The lowest BCUT2D eigenvalue weighted by Gasteiger charge is -2.45. The van der Waals surface area contributed by atoms with Crippen LogP contribution in [-0.2, 0) is 21.7 Å². The number of hydrogen-bond acceptors (Lipinski definition) is 8. The maximum Gasteiger partial charge on any atom is 0.222 e. The van der Waals surface area contributed by atoms with Gasteiger partial charge in [-0.05, 0) is 54.7 Å². The van der Waals surface area contributed by atoms with E-state index < -0.39 is 36.8 Å². The average molecular weight is 481 g/mol. The smallest absolute Gasteiger partial charge is 0.222 e. The minimum atomic E-state index is -2.33. The highest BCUT2D eigenvalue weighted by molar-refractivity contribution is 6.31. The predicted octanol–water partition coefficient (Wildman–Crippen LogP) is 1.11. The molecule has 5 N–H and O–H groups in total. The van der Waals surface area contributed by atoms with Crippen molar-refractivity contribution in [2.75, 3.05) is 19.8 Å². The molecule has 0 radical (unpaired) electrons. The molecule has 2 fully saturated rings. The third-order valence-electron chi connectivity index (χ3n) is 5.97. The molecular formula is C24H29ClO8. The molecule has 1 saturated heterocycles. The van der Waals surface area contributed by atoms with Gasteiger partial charge < -0.3 is 39.7 Å². The van der Waals surface area contributed by atoms with Crippen molar-refractivity contribution in [3.63, 3.8) is 0 Å². The zero-order valence-electron chi connectivity index (χ0n) is 18.0. The molecule has 1 aliphatic heterocycles. The largest absolute Gasteiger partial charge is 0.491 e. The van der Waals surface area contributed by atoms with Crippen LogP contribution in [0.4, 0.5) is 0 Å². The molecule has 2 aromatic carbocycles. The molecule has 9 heteroatoms. The van der Waals surface area contributed by atoms with Crippen molar-refractivity contribution in [2.24, 2.45) is 0 Å². The van der Waals surface area contributed by atoms with E-state index in [1.807, 2.05) is 24.3 Å². The highest BCUT2D eigenvalue weighted by Crippen LogP contribution is 2.38. The van der Waals surface area contributed by atoms with Gasteiger partial charge in [0, 0.05) is 10.6 Å². The second-order valence-corrected chi connectivity index (χ2v) is 8.91. The average Bonchev–Trinajstić information content (AvgIpc) is 3.65. The Morgan fingerprint density at radius 1 is 1.00 bits per heavy atom. The SMILES string of the molecule is OC[C@H]1O[C@@](O)(c2ccc(Cl)c(Cc3ccc(OCCOC4CC4)cc3)c2)[C@H](O)[C@@H](O)[C@@H]1O. The normalized spacial score (nSPS) is 29.8. The summed E-state index contributed by atoms with van der Waals surface area (Å²) in [6, 6.07) is 12.1. The summed E-state index contributed by atoms with van der Waals surface area (Å²) in [6.45, 7) is 0.406. The molecule has 5 atom stereocenters. The first-order valence-corrected chi connectivity index (χ1v) is 11.4. The summed E-state index contributed by atoms with van der Waals surface area (Å²) in [7, 11) is 0. The lowest BCUT2D eigenvalue weighted by atomic mass is 9.87. The van der Waals surface area contributed by atoms with Gasteiger partial charge in [-0.1, -0.05) is 29.8 Å². The minimum absolute atomic E-state index is 0.148. The molecule has 0 spiro atoms. The Kier molecular flexibility index (Phi) is 7.57. The number of aliphatic hydroxyl groups is 5. The van der Waals surface area contributed by atoms with Crippen LogP contribution in [0.15, 0.2) is 42.5 Å². The van der Waals surface area contributed by atoms with Gasteiger partial charge in [0.05, 0.1) is 19.3 Å². The molecule has 0 aromatic heterocycles. The van der Waals surface area contributed by atoms with Crippen molar-refractivity contribution in [2.45, 2.75) is 55.6 Å². The fraction of sp³-hybridized carbons (Fsp3) is 0.500. The van der Waals surface area contributed by atoms with Crippen molar-refractivity contribution in [1.29, 1.82) is 0 Å². The number of hydrogen-bond donors (Lipinski definition) is 5. The van der Waals surface area contributed by atoms with Crippen molar-refractivity contribution < 1.29 is 39.7 Å². The first kappa shape index (κ1) is 24.4. The van der Waals surface area contributed by atoms with E-state index in [4.69, 9.17) is 25.8 Å². The van der Waals surface area contributed by atoms with E-state index in [1.54, 1.807) is 12.1 Å². The Morgan fingerprint density at radius 2 is 1.73 bits per heavy atom. The van der Waals surface area contributed by atoms with Crippen LogP contribution in [-0.4, -0.2) is 75.9 Å². The first-order valence-electron chi connectivity index (χ1n) is 11.0. The Labute approximate surface area is 196 Å². The molecule has 2 aliphatic rings. The van der Waals surface area contributed by atoms with Crippen LogP contribution < -0.4 is 4.74 Å². The summed E-state index contributed by atoms with van der Waals surface area (Å²) < 4.78 is 16.7. The van der Waals surface area contributed by atoms with E-state index in [1.165, 1.54) is 6.07 Å². The van der Waals surface area contributed by atoms with Gasteiger partial charge in [0.2, 0.25) is 5.79 Å². The lowest BCUT2D eigenvalue weighted by molar-refractivity contribution is -0.357. The topological polar surface area (TPSA) is 129 Å². The Morgan fingerprint density at radius 3 is 2.39 bits per heavy atom. The van der Waals surface area contributed by atoms with Gasteiger partial charge in [-0.2, -0.15) is 0 Å². The molecule has 1 heterocycles. The first-order chi connectivity index (χ1) is 15.8. The highest BCUT2D eigenvalue weighted by atomic mass is 35.5. The van der Waals surface area contributed by atoms with Crippen LogP contribution in [0.3, 0.4) is 0 Å². The van der Waals surface area contributed by atoms with E-state index in [-0.39, 0.29) is 5.56 Å². The molecule has 8 nitrogen and oxygen atoms in total.